The SMILES string of the molecule is COCCNC(=O)CSc1nc(-c2cccc(Cl)c2)nc2cc(=O)[nH]n12. The molecular formula is C16H16ClN5O3S. The Kier molecular flexibility index (Phi) is 5.92. The average Bonchev–Trinajstić information content (AvgIpc) is 3.00. The number of hydrogen-bond acceptors (Lipinski definition) is 6. The number of benzene rings is 1. The molecule has 0 radical (unpaired) electrons. The standard InChI is InChI=1S/C16H16ClN5O3S/c1-25-6-5-18-14(24)9-26-16-20-15(10-3-2-4-11(17)7-10)19-12-8-13(23)21-22(12)16/h2-4,7-8H,5-6,9H2,1H3,(H,18,24)(H,21,23). The molecule has 0 spiro atoms. The van der Waals surface area contributed by atoms with E-state index in [1.165, 1.54) is 22.3 Å². The van der Waals surface area contributed by atoms with E-state index in [4.69, 9.17) is 16.3 Å². The predicted octanol–water partition coefficient (Wildman–Crippen LogP) is 1.59. The lowest BCUT2D eigenvalue weighted by atomic mass is 10.2. The number of nitrogens with zero attached hydrogens (tertiary/aromatic N) is 3. The fourth-order valence-corrected chi connectivity index (χ4v) is 3.18. The highest BCUT2D eigenvalue weighted by Gasteiger charge is 2.13. The molecule has 26 heavy (non-hydrogen) atoms. The Labute approximate surface area is 157 Å². The van der Waals surface area contributed by atoms with Crippen LogP contribution >= 0.6 is 23.4 Å². The molecule has 0 unspecified atom stereocenters. The third-order valence-corrected chi connectivity index (χ3v) is 4.54. The highest BCUT2D eigenvalue weighted by molar-refractivity contribution is 7.99. The van der Waals surface area contributed by atoms with Gasteiger partial charge in [0.05, 0.1) is 12.4 Å². The number of carbonyl (C=O) groups is 1. The molecular weight excluding hydrogens is 378 g/mol. The summed E-state index contributed by atoms with van der Waals surface area (Å²) >= 11 is 7.23. The molecule has 3 rings (SSSR count). The fourth-order valence-electron chi connectivity index (χ4n) is 2.21. The van der Waals surface area contributed by atoms with E-state index in [0.717, 1.165) is 5.56 Å². The van der Waals surface area contributed by atoms with Crippen LogP contribution in [0.3, 0.4) is 0 Å². The number of halogens is 1. The Balaban J connectivity index is 1.88. The summed E-state index contributed by atoms with van der Waals surface area (Å²) in [7, 11) is 1.57. The first-order chi connectivity index (χ1) is 12.6. The van der Waals surface area contributed by atoms with Crippen LogP contribution in [0.4, 0.5) is 0 Å². The topological polar surface area (TPSA) is 101 Å². The van der Waals surface area contributed by atoms with Crippen molar-refractivity contribution in [2.45, 2.75) is 5.16 Å². The molecule has 0 saturated heterocycles. The van der Waals surface area contributed by atoms with Gasteiger partial charge in [-0.3, -0.25) is 14.7 Å². The predicted molar refractivity (Wildman–Crippen MR) is 99.7 cm³/mol. The van der Waals surface area contributed by atoms with Gasteiger partial charge < -0.3 is 10.1 Å². The molecule has 2 heterocycles. The van der Waals surface area contributed by atoms with Crippen LogP contribution in [0.25, 0.3) is 17.0 Å². The zero-order valence-electron chi connectivity index (χ0n) is 13.9. The zero-order valence-corrected chi connectivity index (χ0v) is 15.4. The second-order valence-electron chi connectivity index (χ2n) is 5.29. The van der Waals surface area contributed by atoms with Crippen LogP contribution in [0.5, 0.6) is 0 Å². The Hall–Kier alpha value is -2.36. The van der Waals surface area contributed by atoms with E-state index in [1.807, 2.05) is 6.07 Å². The molecule has 0 fully saturated rings. The molecule has 0 aliphatic carbocycles. The number of aromatic amines is 1. The van der Waals surface area contributed by atoms with Crippen LogP contribution in [-0.2, 0) is 9.53 Å². The van der Waals surface area contributed by atoms with Crippen LogP contribution in [0.15, 0.2) is 40.3 Å². The van der Waals surface area contributed by atoms with Gasteiger partial charge in [-0.25, -0.2) is 14.5 Å². The van der Waals surface area contributed by atoms with Crippen LogP contribution in [0.2, 0.25) is 5.02 Å². The highest BCUT2D eigenvalue weighted by atomic mass is 35.5. The maximum atomic E-state index is 11.9. The molecule has 1 amide bonds. The van der Waals surface area contributed by atoms with Crippen molar-refractivity contribution in [3.8, 4) is 11.4 Å². The van der Waals surface area contributed by atoms with Crippen LogP contribution in [-0.4, -0.2) is 51.5 Å². The number of methoxy groups -OCH3 is 1. The van der Waals surface area contributed by atoms with Gasteiger partial charge in [0.15, 0.2) is 16.6 Å². The van der Waals surface area contributed by atoms with E-state index in [0.29, 0.717) is 34.8 Å². The minimum Gasteiger partial charge on any atom is -0.383 e. The normalized spacial score (nSPS) is 11.0. The second-order valence-corrected chi connectivity index (χ2v) is 6.66. The van der Waals surface area contributed by atoms with Gasteiger partial charge in [0.1, 0.15) is 0 Å². The maximum Gasteiger partial charge on any atom is 0.266 e. The molecule has 10 heteroatoms. The monoisotopic (exact) mass is 393 g/mol. The first-order valence-corrected chi connectivity index (χ1v) is 9.07. The number of fused-ring (bicyclic) bond motifs is 1. The Morgan fingerprint density at radius 1 is 1.38 bits per heavy atom. The first kappa shape index (κ1) is 18.4. The van der Waals surface area contributed by atoms with Crippen molar-refractivity contribution in [2.24, 2.45) is 0 Å². The summed E-state index contributed by atoms with van der Waals surface area (Å²) in [5.41, 5.74) is 0.844. The lowest BCUT2D eigenvalue weighted by Gasteiger charge is -2.08. The van der Waals surface area contributed by atoms with E-state index < -0.39 is 0 Å². The number of ether oxygens (including phenoxy) is 1. The molecule has 1 aromatic carbocycles. The number of carbonyl (C=O) groups excluding carboxylic acids is 1. The highest BCUT2D eigenvalue weighted by Crippen LogP contribution is 2.23. The second kappa shape index (κ2) is 8.35. The Bertz CT molecular complexity index is 987. The van der Waals surface area contributed by atoms with Gasteiger partial charge in [-0.05, 0) is 12.1 Å². The summed E-state index contributed by atoms with van der Waals surface area (Å²) in [6.45, 7) is 0.876. The van der Waals surface area contributed by atoms with Gasteiger partial charge in [-0.2, -0.15) is 0 Å². The molecule has 0 bridgehead atoms. The third kappa shape index (κ3) is 4.43. The van der Waals surface area contributed by atoms with Gasteiger partial charge in [0.25, 0.3) is 5.56 Å². The van der Waals surface area contributed by atoms with E-state index in [-0.39, 0.29) is 17.2 Å². The van der Waals surface area contributed by atoms with Crippen molar-refractivity contribution in [3.63, 3.8) is 0 Å². The minimum atomic E-state index is -0.297. The fraction of sp³-hybridized carbons (Fsp3) is 0.250. The van der Waals surface area contributed by atoms with Crippen LogP contribution < -0.4 is 10.9 Å². The molecule has 136 valence electrons. The number of rotatable bonds is 7. The van der Waals surface area contributed by atoms with Crippen molar-refractivity contribution in [3.05, 3.63) is 45.7 Å². The zero-order chi connectivity index (χ0) is 18.5. The molecule has 3 aromatic rings. The van der Waals surface area contributed by atoms with E-state index in [1.54, 1.807) is 25.3 Å². The number of thioether (sulfide) groups is 1. The molecule has 2 N–H and O–H groups in total. The van der Waals surface area contributed by atoms with Gasteiger partial charge in [0.2, 0.25) is 5.91 Å². The van der Waals surface area contributed by atoms with Crippen molar-refractivity contribution in [2.75, 3.05) is 26.0 Å². The first-order valence-electron chi connectivity index (χ1n) is 7.71. The summed E-state index contributed by atoms with van der Waals surface area (Å²) in [5, 5.41) is 6.38. The molecule has 0 aliphatic rings. The van der Waals surface area contributed by atoms with Gasteiger partial charge in [0, 0.05) is 30.3 Å². The van der Waals surface area contributed by atoms with E-state index in [2.05, 4.69) is 20.4 Å². The smallest absolute Gasteiger partial charge is 0.266 e. The lowest BCUT2D eigenvalue weighted by Crippen LogP contribution is -2.28. The van der Waals surface area contributed by atoms with Crippen molar-refractivity contribution in [1.82, 2.24) is 24.9 Å². The van der Waals surface area contributed by atoms with Crippen molar-refractivity contribution >= 4 is 34.9 Å². The summed E-state index contributed by atoms with van der Waals surface area (Å²) in [6.07, 6.45) is 0. The van der Waals surface area contributed by atoms with Gasteiger partial charge in [-0.1, -0.05) is 35.5 Å². The molecule has 2 aromatic heterocycles. The van der Waals surface area contributed by atoms with Crippen molar-refractivity contribution in [1.29, 1.82) is 0 Å². The minimum absolute atomic E-state index is 0.144. The number of aromatic nitrogens is 4. The largest absolute Gasteiger partial charge is 0.383 e. The number of amides is 1. The Morgan fingerprint density at radius 2 is 2.23 bits per heavy atom. The Morgan fingerprint density at radius 3 is 3.00 bits per heavy atom. The van der Waals surface area contributed by atoms with Gasteiger partial charge in [-0.15, -0.1) is 0 Å². The third-order valence-electron chi connectivity index (χ3n) is 3.37. The summed E-state index contributed by atoms with van der Waals surface area (Å²) < 4.78 is 6.35. The lowest BCUT2D eigenvalue weighted by molar-refractivity contribution is -0.118. The van der Waals surface area contributed by atoms with Crippen LogP contribution in [0.1, 0.15) is 0 Å². The van der Waals surface area contributed by atoms with Crippen LogP contribution in [0, 0.1) is 0 Å². The van der Waals surface area contributed by atoms with E-state index in [9.17, 15) is 9.59 Å². The maximum absolute atomic E-state index is 11.9. The van der Waals surface area contributed by atoms with Gasteiger partial charge >= 0.3 is 0 Å². The summed E-state index contributed by atoms with van der Waals surface area (Å²) in [6, 6.07) is 8.49. The molecule has 0 aliphatic heterocycles. The molecule has 0 saturated carbocycles. The number of hydrogen-bond donors (Lipinski definition) is 2. The molecule has 0 atom stereocenters. The van der Waals surface area contributed by atoms with E-state index >= 15 is 0 Å². The average molecular weight is 394 g/mol. The molecule has 8 nitrogen and oxygen atoms in total. The van der Waals surface area contributed by atoms with Crippen molar-refractivity contribution < 1.29 is 9.53 Å². The number of H-pyrrole nitrogens is 1. The summed E-state index contributed by atoms with van der Waals surface area (Å²) in [5.74, 6) is 0.414. The number of nitrogens with one attached hydrogen (secondary N) is 2. The summed E-state index contributed by atoms with van der Waals surface area (Å²) in [4.78, 5) is 32.5. The quantitative estimate of drug-likeness (QED) is 0.467.